The summed E-state index contributed by atoms with van der Waals surface area (Å²) in [4.78, 5) is 11.9. The number of hydrogen-bond donors (Lipinski definition) is 1. The van der Waals surface area contributed by atoms with Crippen LogP contribution in [0.5, 0.6) is 5.75 Å². The summed E-state index contributed by atoms with van der Waals surface area (Å²) in [6.07, 6.45) is 1.05. The molecule has 0 spiro atoms. The Labute approximate surface area is 158 Å². The first-order valence-electron chi connectivity index (χ1n) is 8.84. The van der Waals surface area contributed by atoms with Gasteiger partial charge in [0.2, 0.25) is 5.91 Å². The standard InChI is InChI=1S/C20H33NO4Si/c1-8-16(24-14-15-9-11-17(23-5)12-10-15)13-18(19(21)22)25-26(6,7)20(2,3)4/h8-12,16,18H,1,13-14H2,2-7H3,(H2,21,22)/t16-,18+/m1/s1. The number of carbonyl (C=O) groups excluding carboxylic acids is 1. The summed E-state index contributed by atoms with van der Waals surface area (Å²) in [7, 11) is -0.482. The maximum atomic E-state index is 11.9. The lowest BCUT2D eigenvalue weighted by atomic mass is 10.1. The van der Waals surface area contributed by atoms with Gasteiger partial charge >= 0.3 is 0 Å². The highest BCUT2D eigenvalue weighted by Gasteiger charge is 2.40. The molecule has 0 aliphatic rings. The van der Waals surface area contributed by atoms with Gasteiger partial charge in [0.15, 0.2) is 8.32 Å². The molecule has 0 saturated carbocycles. The van der Waals surface area contributed by atoms with Crippen molar-refractivity contribution in [1.82, 2.24) is 0 Å². The van der Waals surface area contributed by atoms with E-state index >= 15 is 0 Å². The second-order valence-corrected chi connectivity index (χ2v) is 12.7. The molecule has 0 bridgehead atoms. The number of primary amides is 1. The molecular formula is C20H33NO4Si. The molecule has 0 aromatic heterocycles. The molecule has 2 N–H and O–H groups in total. The van der Waals surface area contributed by atoms with Gasteiger partial charge < -0.3 is 19.6 Å². The van der Waals surface area contributed by atoms with E-state index in [2.05, 4.69) is 40.4 Å². The van der Waals surface area contributed by atoms with E-state index in [-0.39, 0.29) is 11.1 Å². The maximum absolute atomic E-state index is 11.9. The first-order valence-corrected chi connectivity index (χ1v) is 11.7. The molecule has 26 heavy (non-hydrogen) atoms. The largest absolute Gasteiger partial charge is 0.497 e. The summed E-state index contributed by atoms with van der Waals surface area (Å²) in [6.45, 7) is 14.8. The lowest BCUT2D eigenvalue weighted by Crippen LogP contribution is -2.48. The number of amides is 1. The predicted molar refractivity (Wildman–Crippen MR) is 108 cm³/mol. The van der Waals surface area contributed by atoms with Crippen molar-refractivity contribution in [3.63, 3.8) is 0 Å². The summed E-state index contributed by atoms with van der Waals surface area (Å²) in [5.74, 6) is 0.334. The van der Waals surface area contributed by atoms with Crippen LogP contribution in [0.1, 0.15) is 32.8 Å². The predicted octanol–water partition coefficient (Wildman–Crippen LogP) is 4.03. The molecule has 1 aromatic carbocycles. The van der Waals surface area contributed by atoms with Gasteiger partial charge in [-0.25, -0.2) is 0 Å². The minimum Gasteiger partial charge on any atom is -0.497 e. The molecule has 0 aliphatic carbocycles. The Balaban J connectivity index is 2.72. The SMILES string of the molecule is C=C[C@H](C[C@H](O[Si](C)(C)C(C)(C)C)C(N)=O)OCc1ccc(OC)cc1. The van der Waals surface area contributed by atoms with Gasteiger partial charge in [0.25, 0.3) is 0 Å². The van der Waals surface area contributed by atoms with Gasteiger partial charge in [-0.3, -0.25) is 4.79 Å². The molecular weight excluding hydrogens is 346 g/mol. The monoisotopic (exact) mass is 379 g/mol. The smallest absolute Gasteiger partial charge is 0.245 e. The minimum atomic E-state index is -2.11. The van der Waals surface area contributed by atoms with Crippen LogP contribution in [0.2, 0.25) is 18.1 Å². The second kappa shape index (κ2) is 9.35. The van der Waals surface area contributed by atoms with Crippen LogP contribution in [-0.4, -0.2) is 33.5 Å². The molecule has 0 unspecified atom stereocenters. The Bertz CT molecular complexity index is 593. The number of benzene rings is 1. The van der Waals surface area contributed by atoms with Gasteiger partial charge in [0.05, 0.1) is 19.8 Å². The molecule has 0 aliphatic heterocycles. The Hall–Kier alpha value is -1.63. The molecule has 2 atom stereocenters. The van der Waals surface area contributed by atoms with Gasteiger partial charge in [-0.1, -0.05) is 39.0 Å². The van der Waals surface area contributed by atoms with E-state index < -0.39 is 20.3 Å². The van der Waals surface area contributed by atoms with Crippen LogP contribution in [0.4, 0.5) is 0 Å². The lowest BCUT2D eigenvalue weighted by Gasteiger charge is -2.39. The molecule has 0 fully saturated rings. The molecule has 0 radical (unpaired) electrons. The fraction of sp³-hybridized carbons (Fsp3) is 0.550. The quantitative estimate of drug-likeness (QED) is 0.492. The van der Waals surface area contributed by atoms with Gasteiger partial charge in [-0.15, -0.1) is 6.58 Å². The number of methoxy groups -OCH3 is 1. The number of ether oxygens (including phenoxy) is 2. The van der Waals surface area contributed by atoms with Crippen molar-refractivity contribution < 1.29 is 18.7 Å². The van der Waals surface area contributed by atoms with Crippen LogP contribution in [0, 0.1) is 0 Å². The Kier molecular flexibility index (Phi) is 8.05. The van der Waals surface area contributed by atoms with Crippen LogP contribution in [-0.2, 0) is 20.6 Å². The van der Waals surface area contributed by atoms with Crippen LogP contribution in [0.15, 0.2) is 36.9 Å². The van der Waals surface area contributed by atoms with E-state index in [1.165, 1.54) is 0 Å². The summed E-state index contributed by atoms with van der Waals surface area (Å²) < 4.78 is 17.2. The topological polar surface area (TPSA) is 70.8 Å². The van der Waals surface area contributed by atoms with Crippen LogP contribution < -0.4 is 10.5 Å². The molecule has 5 nitrogen and oxygen atoms in total. The van der Waals surface area contributed by atoms with Crippen molar-refractivity contribution in [3.8, 4) is 5.75 Å². The fourth-order valence-electron chi connectivity index (χ4n) is 2.12. The summed E-state index contributed by atoms with van der Waals surface area (Å²) in [6, 6.07) is 7.65. The number of nitrogens with two attached hydrogens (primary N) is 1. The summed E-state index contributed by atoms with van der Waals surface area (Å²) >= 11 is 0. The Morgan fingerprint density at radius 3 is 2.27 bits per heavy atom. The molecule has 0 heterocycles. The molecule has 146 valence electrons. The molecule has 1 amide bonds. The molecule has 1 aromatic rings. The highest BCUT2D eigenvalue weighted by Crippen LogP contribution is 2.37. The van der Waals surface area contributed by atoms with E-state index in [0.717, 1.165) is 11.3 Å². The van der Waals surface area contributed by atoms with E-state index in [1.54, 1.807) is 13.2 Å². The van der Waals surface area contributed by atoms with Crippen molar-refractivity contribution in [3.05, 3.63) is 42.5 Å². The van der Waals surface area contributed by atoms with E-state index in [4.69, 9.17) is 19.6 Å². The fourth-order valence-corrected chi connectivity index (χ4v) is 3.40. The van der Waals surface area contributed by atoms with Crippen molar-refractivity contribution in [1.29, 1.82) is 0 Å². The first kappa shape index (κ1) is 22.4. The highest BCUT2D eigenvalue weighted by atomic mass is 28.4. The van der Waals surface area contributed by atoms with Gasteiger partial charge in [0.1, 0.15) is 11.9 Å². The highest BCUT2D eigenvalue weighted by molar-refractivity contribution is 6.74. The average molecular weight is 380 g/mol. The van der Waals surface area contributed by atoms with E-state index in [9.17, 15) is 4.79 Å². The Morgan fingerprint density at radius 2 is 1.85 bits per heavy atom. The number of carbonyl (C=O) groups is 1. The average Bonchev–Trinajstić information content (AvgIpc) is 2.56. The zero-order valence-electron chi connectivity index (χ0n) is 16.9. The number of rotatable bonds is 10. The second-order valence-electron chi connectivity index (χ2n) is 7.94. The van der Waals surface area contributed by atoms with Crippen molar-refractivity contribution in [2.75, 3.05) is 7.11 Å². The molecule has 0 saturated heterocycles. The zero-order chi connectivity index (χ0) is 20.0. The molecule has 1 rings (SSSR count). The van der Waals surface area contributed by atoms with Crippen molar-refractivity contribution in [2.24, 2.45) is 5.73 Å². The van der Waals surface area contributed by atoms with Crippen molar-refractivity contribution >= 4 is 14.2 Å². The third-order valence-electron chi connectivity index (χ3n) is 4.89. The first-order chi connectivity index (χ1) is 12.0. The van der Waals surface area contributed by atoms with E-state index in [0.29, 0.717) is 13.0 Å². The normalized spacial score (nSPS) is 14.5. The third-order valence-corrected chi connectivity index (χ3v) is 9.38. The zero-order valence-corrected chi connectivity index (χ0v) is 17.9. The van der Waals surface area contributed by atoms with Crippen molar-refractivity contribution in [2.45, 2.75) is 64.1 Å². The van der Waals surface area contributed by atoms with Gasteiger partial charge in [-0.05, 0) is 35.8 Å². The third kappa shape index (κ3) is 6.59. The van der Waals surface area contributed by atoms with Crippen LogP contribution >= 0.6 is 0 Å². The Morgan fingerprint density at radius 1 is 1.27 bits per heavy atom. The maximum Gasteiger partial charge on any atom is 0.245 e. The summed E-state index contributed by atoms with van der Waals surface area (Å²) in [5, 5.41) is -0.00563. The molecule has 6 heteroatoms. The number of hydrogen-bond acceptors (Lipinski definition) is 4. The van der Waals surface area contributed by atoms with E-state index in [1.807, 2.05) is 24.3 Å². The minimum absolute atomic E-state index is 0.00563. The van der Waals surface area contributed by atoms with Crippen LogP contribution in [0.25, 0.3) is 0 Å². The van der Waals surface area contributed by atoms with Gasteiger partial charge in [0, 0.05) is 6.42 Å². The lowest BCUT2D eigenvalue weighted by molar-refractivity contribution is -0.126. The van der Waals surface area contributed by atoms with Crippen LogP contribution in [0.3, 0.4) is 0 Å². The van der Waals surface area contributed by atoms with Gasteiger partial charge in [-0.2, -0.15) is 0 Å². The summed E-state index contributed by atoms with van der Waals surface area (Å²) in [5.41, 5.74) is 6.60.